The van der Waals surface area contributed by atoms with Crippen LogP contribution in [0, 0.1) is 0 Å². The Balaban J connectivity index is 2.21. The SMILES string of the molecule is C[Si](C)(C)Oc1ccc2c(c1)CCCCC2. The number of fused-ring (bicyclic) bond motifs is 1. The standard InChI is InChI=1S/C14H22OSi/c1-16(2,3)15-14-10-9-12-7-5-4-6-8-13(12)11-14/h9-11H,4-8H2,1-3H3. The average molecular weight is 234 g/mol. The summed E-state index contributed by atoms with van der Waals surface area (Å²) in [5, 5.41) is 0. The summed E-state index contributed by atoms with van der Waals surface area (Å²) < 4.78 is 6.05. The van der Waals surface area contributed by atoms with E-state index in [1.54, 1.807) is 5.56 Å². The predicted octanol–water partition coefficient (Wildman–Crippen LogP) is 4.17. The molecule has 1 nitrogen and oxygen atoms in total. The zero-order valence-electron chi connectivity index (χ0n) is 10.7. The van der Waals surface area contributed by atoms with Gasteiger partial charge in [0.25, 0.3) is 0 Å². The molecule has 0 amide bonds. The molecule has 2 heteroatoms. The third kappa shape index (κ3) is 3.11. The topological polar surface area (TPSA) is 9.23 Å². The third-order valence-electron chi connectivity index (χ3n) is 2.99. The Morgan fingerprint density at radius 1 is 0.938 bits per heavy atom. The molecular weight excluding hydrogens is 212 g/mol. The van der Waals surface area contributed by atoms with E-state index in [1.807, 2.05) is 0 Å². The Morgan fingerprint density at radius 2 is 1.62 bits per heavy atom. The van der Waals surface area contributed by atoms with Crippen molar-refractivity contribution < 1.29 is 4.43 Å². The van der Waals surface area contributed by atoms with Crippen LogP contribution in [0.25, 0.3) is 0 Å². The largest absolute Gasteiger partial charge is 0.544 e. The summed E-state index contributed by atoms with van der Waals surface area (Å²) in [7, 11) is -1.46. The van der Waals surface area contributed by atoms with Crippen molar-refractivity contribution in [2.75, 3.05) is 0 Å². The molecule has 0 spiro atoms. The minimum atomic E-state index is -1.46. The molecule has 0 radical (unpaired) electrons. The average Bonchev–Trinajstić information content (AvgIpc) is 2.39. The normalized spacial score (nSPS) is 16.4. The van der Waals surface area contributed by atoms with E-state index in [0.29, 0.717) is 0 Å². The van der Waals surface area contributed by atoms with Crippen LogP contribution >= 0.6 is 0 Å². The molecule has 1 aromatic carbocycles. The van der Waals surface area contributed by atoms with Gasteiger partial charge in [-0.2, -0.15) is 0 Å². The summed E-state index contributed by atoms with van der Waals surface area (Å²) in [6.07, 6.45) is 6.55. The smallest absolute Gasteiger partial charge is 0.242 e. The lowest BCUT2D eigenvalue weighted by Gasteiger charge is -2.20. The van der Waals surface area contributed by atoms with Crippen molar-refractivity contribution in [3.05, 3.63) is 29.3 Å². The molecule has 0 saturated carbocycles. The van der Waals surface area contributed by atoms with Crippen molar-refractivity contribution in [2.24, 2.45) is 0 Å². The summed E-state index contributed by atoms with van der Waals surface area (Å²) in [6, 6.07) is 6.71. The molecule has 0 atom stereocenters. The number of benzene rings is 1. The summed E-state index contributed by atoms with van der Waals surface area (Å²) in [5.41, 5.74) is 3.06. The summed E-state index contributed by atoms with van der Waals surface area (Å²) in [6.45, 7) is 6.70. The summed E-state index contributed by atoms with van der Waals surface area (Å²) in [5.74, 6) is 1.08. The highest BCUT2D eigenvalue weighted by Gasteiger charge is 2.17. The van der Waals surface area contributed by atoms with Crippen LogP contribution in [0.2, 0.25) is 19.6 Å². The van der Waals surface area contributed by atoms with Crippen LogP contribution in [0.5, 0.6) is 5.75 Å². The van der Waals surface area contributed by atoms with Crippen molar-refractivity contribution in [1.29, 1.82) is 0 Å². The van der Waals surface area contributed by atoms with Gasteiger partial charge < -0.3 is 4.43 Å². The molecular formula is C14H22OSi. The third-order valence-corrected chi connectivity index (χ3v) is 3.84. The molecule has 88 valence electrons. The van der Waals surface area contributed by atoms with Crippen molar-refractivity contribution in [3.8, 4) is 5.75 Å². The fourth-order valence-electron chi connectivity index (χ4n) is 2.30. The van der Waals surface area contributed by atoms with Gasteiger partial charge in [0.05, 0.1) is 0 Å². The molecule has 2 rings (SSSR count). The van der Waals surface area contributed by atoms with Gasteiger partial charge in [-0.25, -0.2) is 0 Å². The molecule has 1 aliphatic carbocycles. The second-order valence-corrected chi connectivity index (χ2v) is 10.1. The molecule has 0 unspecified atom stereocenters. The first-order chi connectivity index (χ1) is 7.54. The molecule has 16 heavy (non-hydrogen) atoms. The molecule has 0 aromatic heterocycles. The Kier molecular flexibility index (Phi) is 3.38. The van der Waals surface area contributed by atoms with E-state index in [-0.39, 0.29) is 0 Å². The minimum absolute atomic E-state index is 1.08. The number of hydrogen-bond acceptors (Lipinski definition) is 1. The predicted molar refractivity (Wildman–Crippen MR) is 71.7 cm³/mol. The van der Waals surface area contributed by atoms with E-state index >= 15 is 0 Å². The van der Waals surface area contributed by atoms with Crippen LogP contribution in [0.15, 0.2) is 18.2 Å². The van der Waals surface area contributed by atoms with Crippen LogP contribution in [0.1, 0.15) is 30.4 Å². The van der Waals surface area contributed by atoms with Crippen LogP contribution in [0.4, 0.5) is 0 Å². The maximum atomic E-state index is 6.05. The van der Waals surface area contributed by atoms with E-state index in [2.05, 4.69) is 37.8 Å². The van der Waals surface area contributed by atoms with Gasteiger partial charge in [0.15, 0.2) is 0 Å². The first-order valence-electron chi connectivity index (χ1n) is 6.35. The van der Waals surface area contributed by atoms with E-state index in [9.17, 15) is 0 Å². The minimum Gasteiger partial charge on any atom is -0.544 e. The Hall–Kier alpha value is -0.763. The van der Waals surface area contributed by atoms with Gasteiger partial charge in [-0.3, -0.25) is 0 Å². The van der Waals surface area contributed by atoms with Crippen molar-refractivity contribution >= 4 is 8.32 Å². The van der Waals surface area contributed by atoms with Gasteiger partial charge in [-0.1, -0.05) is 12.5 Å². The van der Waals surface area contributed by atoms with Crippen LogP contribution < -0.4 is 4.43 Å². The fourth-order valence-corrected chi connectivity index (χ4v) is 3.14. The van der Waals surface area contributed by atoms with Gasteiger partial charge in [-0.05, 0) is 68.6 Å². The first kappa shape index (κ1) is 11.7. The number of aryl methyl sites for hydroxylation is 2. The molecule has 0 heterocycles. The zero-order chi connectivity index (χ0) is 11.6. The number of hydrogen-bond donors (Lipinski definition) is 0. The van der Waals surface area contributed by atoms with Crippen molar-refractivity contribution in [3.63, 3.8) is 0 Å². The molecule has 0 fully saturated rings. The lowest BCUT2D eigenvalue weighted by Crippen LogP contribution is -2.29. The fraction of sp³-hybridized carbons (Fsp3) is 0.571. The van der Waals surface area contributed by atoms with E-state index in [4.69, 9.17) is 4.43 Å². The summed E-state index contributed by atoms with van der Waals surface area (Å²) >= 11 is 0. The molecule has 0 N–H and O–H groups in total. The highest BCUT2D eigenvalue weighted by Crippen LogP contribution is 2.26. The molecule has 0 saturated heterocycles. The van der Waals surface area contributed by atoms with Crippen LogP contribution in [-0.2, 0) is 12.8 Å². The van der Waals surface area contributed by atoms with Gasteiger partial charge in [-0.15, -0.1) is 0 Å². The second-order valence-electron chi connectivity index (χ2n) is 5.71. The first-order valence-corrected chi connectivity index (χ1v) is 9.76. The van der Waals surface area contributed by atoms with Gasteiger partial charge in [0, 0.05) is 0 Å². The van der Waals surface area contributed by atoms with Crippen molar-refractivity contribution in [1.82, 2.24) is 0 Å². The van der Waals surface area contributed by atoms with Gasteiger partial charge in [0.2, 0.25) is 8.32 Å². The molecule has 1 aromatic rings. The maximum Gasteiger partial charge on any atom is 0.242 e. The second kappa shape index (κ2) is 4.62. The lowest BCUT2D eigenvalue weighted by molar-refractivity contribution is 0.556. The van der Waals surface area contributed by atoms with Gasteiger partial charge in [0.1, 0.15) is 5.75 Å². The Labute approximate surface area is 100.0 Å². The Morgan fingerprint density at radius 3 is 2.31 bits per heavy atom. The van der Waals surface area contributed by atoms with Gasteiger partial charge >= 0.3 is 0 Å². The van der Waals surface area contributed by atoms with E-state index in [0.717, 1.165) is 5.75 Å². The Bertz CT molecular complexity index is 365. The molecule has 0 bridgehead atoms. The van der Waals surface area contributed by atoms with E-state index < -0.39 is 8.32 Å². The molecule has 0 aliphatic heterocycles. The van der Waals surface area contributed by atoms with Crippen molar-refractivity contribution in [2.45, 2.75) is 51.7 Å². The quantitative estimate of drug-likeness (QED) is 0.551. The zero-order valence-corrected chi connectivity index (χ0v) is 11.7. The molecule has 1 aliphatic rings. The van der Waals surface area contributed by atoms with Crippen LogP contribution in [0.3, 0.4) is 0 Å². The monoisotopic (exact) mass is 234 g/mol. The lowest BCUT2D eigenvalue weighted by atomic mass is 10.0. The maximum absolute atomic E-state index is 6.05. The number of rotatable bonds is 2. The van der Waals surface area contributed by atoms with E-state index in [1.165, 1.54) is 37.7 Å². The summed E-state index contributed by atoms with van der Waals surface area (Å²) in [4.78, 5) is 0. The highest BCUT2D eigenvalue weighted by atomic mass is 28.4. The highest BCUT2D eigenvalue weighted by molar-refractivity contribution is 6.70. The van der Waals surface area contributed by atoms with Crippen LogP contribution in [-0.4, -0.2) is 8.32 Å².